The van der Waals surface area contributed by atoms with E-state index in [4.69, 9.17) is 4.74 Å². The van der Waals surface area contributed by atoms with Gasteiger partial charge in [0, 0.05) is 6.54 Å². The van der Waals surface area contributed by atoms with Gasteiger partial charge in [0.25, 0.3) is 0 Å². The Morgan fingerprint density at radius 3 is 2.33 bits per heavy atom. The fourth-order valence-electron chi connectivity index (χ4n) is 2.88. The van der Waals surface area contributed by atoms with E-state index in [2.05, 4.69) is 5.32 Å². The van der Waals surface area contributed by atoms with Gasteiger partial charge in [-0.15, -0.1) is 0 Å². The fraction of sp³-hybridized carbons (Fsp3) is 0.500. The summed E-state index contributed by atoms with van der Waals surface area (Å²) in [5.41, 5.74) is 0.250. The van der Waals surface area contributed by atoms with Crippen molar-refractivity contribution in [1.29, 1.82) is 0 Å². The maximum absolute atomic E-state index is 12.3. The van der Waals surface area contributed by atoms with Crippen LogP contribution < -0.4 is 10.1 Å². The summed E-state index contributed by atoms with van der Waals surface area (Å²) < 4.78 is 5.14. The number of hydrogen-bond donors (Lipinski definition) is 1. The molecule has 5 heteroatoms. The summed E-state index contributed by atoms with van der Waals surface area (Å²) in [6.45, 7) is 4.42. The molecule has 1 saturated heterocycles. The van der Waals surface area contributed by atoms with E-state index in [0.717, 1.165) is 11.3 Å². The number of nitrogens with zero attached hydrogens (tertiary/aromatic N) is 1. The van der Waals surface area contributed by atoms with E-state index < -0.39 is 5.54 Å². The highest BCUT2D eigenvalue weighted by Gasteiger charge is 2.46. The number of benzene rings is 1. The van der Waals surface area contributed by atoms with Crippen molar-refractivity contribution in [2.24, 2.45) is 0 Å². The predicted molar refractivity (Wildman–Crippen MR) is 79.9 cm³/mol. The summed E-state index contributed by atoms with van der Waals surface area (Å²) in [7, 11) is 1.62. The average molecular weight is 290 g/mol. The summed E-state index contributed by atoms with van der Waals surface area (Å²) in [6.07, 6.45) is 1.22. The van der Waals surface area contributed by atoms with E-state index in [9.17, 15) is 9.59 Å². The SMILES string of the molecule is CCC1(CC)C(=O)NCC(=O)N1Cc1ccc(OC)cc1. The van der Waals surface area contributed by atoms with Gasteiger partial charge in [-0.2, -0.15) is 0 Å². The number of rotatable bonds is 5. The molecular weight excluding hydrogens is 268 g/mol. The lowest BCUT2D eigenvalue weighted by atomic mass is 9.87. The average Bonchev–Trinajstić information content (AvgIpc) is 2.52. The molecule has 1 aliphatic heterocycles. The van der Waals surface area contributed by atoms with Crippen LogP contribution in [0, 0.1) is 0 Å². The second-order valence-corrected chi connectivity index (χ2v) is 5.25. The molecule has 0 unspecified atom stereocenters. The van der Waals surface area contributed by atoms with E-state index in [1.54, 1.807) is 12.0 Å². The first-order valence-corrected chi connectivity index (χ1v) is 7.29. The molecule has 1 fully saturated rings. The zero-order valence-corrected chi connectivity index (χ0v) is 12.8. The van der Waals surface area contributed by atoms with Crippen molar-refractivity contribution < 1.29 is 14.3 Å². The number of methoxy groups -OCH3 is 1. The number of carbonyl (C=O) groups excluding carboxylic acids is 2. The van der Waals surface area contributed by atoms with Crippen molar-refractivity contribution >= 4 is 11.8 Å². The fourth-order valence-corrected chi connectivity index (χ4v) is 2.88. The highest BCUT2D eigenvalue weighted by molar-refractivity contribution is 5.97. The quantitative estimate of drug-likeness (QED) is 0.898. The Morgan fingerprint density at radius 2 is 1.81 bits per heavy atom. The van der Waals surface area contributed by atoms with Gasteiger partial charge < -0.3 is 15.0 Å². The summed E-state index contributed by atoms with van der Waals surface area (Å²) in [5.74, 6) is 0.688. The Labute approximate surface area is 125 Å². The van der Waals surface area contributed by atoms with Crippen LogP contribution in [-0.4, -0.2) is 35.9 Å². The molecule has 1 aliphatic rings. The molecule has 0 atom stereocenters. The smallest absolute Gasteiger partial charge is 0.246 e. The van der Waals surface area contributed by atoms with Gasteiger partial charge >= 0.3 is 0 Å². The Bertz CT molecular complexity index is 521. The minimum atomic E-state index is -0.741. The van der Waals surface area contributed by atoms with Gasteiger partial charge in [0.05, 0.1) is 13.7 Å². The molecule has 1 N–H and O–H groups in total. The van der Waals surface area contributed by atoms with E-state index in [-0.39, 0.29) is 18.4 Å². The first kappa shape index (κ1) is 15.4. The number of carbonyl (C=O) groups is 2. The standard InChI is InChI=1S/C16H22N2O3/c1-4-16(5-2)15(20)17-10-14(19)18(16)11-12-6-8-13(21-3)9-7-12/h6-9H,4-5,10-11H2,1-3H3,(H,17,20). The summed E-state index contributed by atoms with van der Waals surface area (Å²) in [4.78, 5) is 26.3. The molecule has 1 aromatic rings. The Morgan fingerprint density at radius 1 is 1.19 bits per heavy atom. The topological polar surface area (TPSA) is 58.6 Å². The molecule has 1 heterocycles. The van der Waals surface area contributed by atoms with Crippen LogP contribution in [0.5, 0.6) is 5.75 Å². The second-order valence-electron chi connectivity index (χ2n) is 5.25. The van der Waals surface area contributed by atoms with Gasteiger partial charge in [-0.1, -0.05) is 26.0 Å². The maximum atomic E-state index is 12.3. The predicted octanol–water partition coefficient (Wildman–Crippen LogP) is 1.71. The molecule has 2 amide bonds. The lowest BCUT2D eigenvalue weighted by Gasteiger charge is -2.45. The number of amides is 2. The minimum absolute atomic E-state index is 0.0332. The van der Waals surface area contributed by atoms with Crippen LogP contribution in [0.3, 0.4) is 0 Å². The van der Waals surface area contributed by atoms with Crippen LogP contribution in [-0.2, 0) is 16.1 Å². The Kier molecular flexibility index (Phi) is 4.50. The number of ether oxygens (including phenoxy) is 1. The normalized spacial score (nSPS) is 17.6. The molecule has 5 nitrogen and oxygen atoms in total. The van der Waals surface area contributed by atoms with E-state index in [1.165, 1.54) is 0 Å². The van der Waals surface area contributed by atoms with Crippen LogP contribution in [0.15, 0.2) is 24.3 Å². The Hall–Kier alpha value is -2.04. The molecule has 0 radical (unpaired) electrons. The monoisotopic (exact) mass is 290 g/mol. The third-order valence-electron chi connectivity index (χ3n) is 4.31. The van der Waals surface area contributed by atoms with Crippen LogP contribution in [0.25, 0.3) is 0 Å². The van der Waals surface area contributed by atoms with Crippen LogP contribution in [0.1, 0.15) is 32.3 Å². The van der Waals surface area contributed by atoms with Crippen LogP contribution in [0.4, 0.5) is 0 Å². The molecule has 0 aromatic heterocycles. The van der Waals surface area contributed by atoms with Gasteiger partial charge in [-0.3, -0.25) is 9.59 Å². The second kappa shape index (κ2) is 6.16. The molecular formula is C16H22N2O3. The summed E-state index contributed by atoms with van der Waals surface area (Å²) in [5, 5.41) is 2.71. The van der Waals surface area contributed by atoms with Gasteiger partial charge in [0.1, 0.15) is 11.3 Å². The number of piperazine rings is 1. The molecule has 0 bridgehead atoms. The van der Waals surface area contributed by atoms with Crippen molar-refractivity contribution in [1.82, 2.24) is 10.2 Å². The van der Waals surface area contributed by atoms with Gasteiger partial charge in [-0.05, 0) is 30.5 Å². The van der Waals surface area contributed by atoms with Crippen molar-refractivity contribution in [2.45, 2.75) is 38.8 Å². The van der Waals surface area contributed by atoms with Crippen molar-refractivity contribution in [3.05, 3.63) is 29.8 Å². The highest BCUT2D eigenvalue weighted by Crippen LogP contribution is 2.29. The van der Waals surface area contributed by atoms with Crippen LogP contribution in [0.2, 0.25) is 0 Å². The van der Waals surface area contributed by atoms with E-state index >= 15 is 0 Å². The zero-order valence-electron chi connectivity index (χ0n) is 12.8. The molecule has 114 valence electrons. The van der Waals surface area contributed by atoms with Crippen LogP contribution >= 0.6 is 0 Å². The van der Waals surface area contributed by atoms with E-state index in [1.807, 2.05) is 38.1 Å². The third kappa shape index (κ3) is 2.73. The number of nitrogens with one attached hydrogen (secondary N) is 1. The largest absolute Gasteiger partial charge is 0.497 e. The van der Waals surface area contributed by atoms with E-state index in [0.29, 0.717) is 19.4 Å². The molecule has 0 spiro atoms. The number of hydrogen-bond acceptors (Lipinski definition) is 3. The van der Waals surface area contributed by atoms with Crippen molar-refractivity contribution in [2.75, 3.05) is 13.7 Å². The molecule has 1 aromatic carbocycles. The highest BCUT2D eigenvalue weighted by atomic mass is 16.5. The zero-order chi connectivity index (χ0) is 15.5. The van der Waals surface area contributed by atoms with Crippen molar-refractivity contribution in [3.8, 4) is 5.75 Å². The van der Waals surface area contributed by atoms with Gasteiger partial charge in [0.15, 0.2) is 0 Å². The van der Waals surface area contributed by atoms with Gasteiger partial charge in [0.2, 0.25) is 11.8 Å². The molecule has 0 aliphatic carbocycles. The maximum Gasteiger partial charge on any atom is 0.246 e. The molecule has 0 saturated carbocycles. The molecule has 2 rings (SSSR count). The lowest BCUT2D eigenvalue weighted by Crippen LogP contribution is -2.66. The molecule has 21 heavy (non-hydrogen) atoms. The summed E-state index contributed by atoms with van der Waals surface area (Å²) in [6, 6.07) is 7.58. The summed E-state index contributed by atoms with van der Waals surface area (Å²) >= 11 is 0. The third-order valence-corrected chi connectivity index (χ3v) is 4.31. The Balaban J connectivity index is 2.28. The van der Waals surface area contributed by atoms with Gasteiger partial charge in [-0.25, -0.2) is 0 Å². The first-order chi connectivity index (χ1) is 10.1. The lowest BCUT2D eigenvalue weighted by molar-refractivity contribution is -0.155. The minimum Gasteiger partial charge on any atom is -0.497 e. The van der Waals surface area contributed by atoms with Crippen molar-refractivity contribution in [3.63, 3.8) is 0 Å². The first-order valence-electron chi connectivity index (χ1n) is 7.29.